The summed E-state index contributed by atoms with van der Waals surface area (Å²) in [5.41, 5.74) is 4.08. The Morgan fingerprint density at radius 3 is 2.45 bits per heavy atom. The van der Waals surface area contributed by atoms with Crippen LogP contribution in [0, 0.1) is 0 Å². The quantitative estimate of drug-likeness (QED) is 0.892. The van der Waals surface area contributed by atoms with E-state index in [0.717, 1.165) is 22.3 Å². The Kier molecular flexibility index (Phi) is 3.78. The molecule has 2 N–H and O–H groups in total. The maximum Gasteiger partial charge on any atom is 0.407 e. The van der Waals surface area contributed by atoms with Crippen LogP contribution in [0.3, 0.4) is 0 Å². The third-order valence-electron chi connectivity index (χ3n) is 3.79. The lowest BCUT2D eigenvalue weighted by Crippen LogP contribution is -2.33. The first kappa shape index (κ1) is 14.1. The van der Waals surface area contributed by atoms with E-state index in [1.807, 2.05) is 24.3 Å². The molecule has 0 saturated carbocycles. The molecule has 1 aromatic carbocycles. The van der Waals surface area contributed by atoms with Gasteiger partial charge in [-0.25, -0.2) is 4.79 Å². The molecule has 0 atom stereocenters. The van der Waals surface area contributed by atoms with Crippen LogP contribution in [0.1, 0.15) is 12.0 Å². The molecule has 112 valence electrons. The van der Waals surface area contributed by atoms with E-state index in [2.05, 4.69) is 4.98 Å². The van der Waals surface area contributed by atoms with Gasteiger partial charge >= 0.3 is 6.09 Å². The minimum atomic E-state index is -0.883. The van der Waals surface area contributed by atoms with Gasteiger partial charge in [0.25, 0.3) is 0 Å². The molecule has 0 spiro atoms. The van der Waals surface area contributed by atoms with Gasteiger partial charge in [-0.1, -0.05) is 18.2 Å². The molecule has 2 aromatic rings. The van der Waals surface area contributed by atoms with Crippen molar-refractivity contribution in [2.24, 2.45) is 0 Å². The SMILES string of the molecule is O=C(O)N1CC=C(c2cncc(-c3ccc(O)cc3)c2)CC1. The number of phenols is 1. The highest BCUT2D eigenvalue weighted by atomic mass is 16.4. The lowest BCUT2D eigenvalue weighted by molar-refractivity contribution is 0.150. The summed E-state index contributed by atoms with van der Waals surface area (Å²) in [5, 5.41) is 18.3. The number of rotatable bonds is 2. The smallest absolute Gasteiger partial charge is 0.407 e. The Morgan fingerprint density at radius 1 is 1.09 bits per heavy atom. The Morgan fingerprint density at radius 2 is 1.82 bits per heavy atom. The van der Waals surface area contributed by atoms with E-state index in [1.54, 1.807) is 24.5 Å². The average Bonchev–Trinajstić information content (AvgIpc) is 2.56. The zero-order chi connectivity index (χ0) is 15.5. The second-order valence-corrected chi connectivity index (χ2v) is 5.22. The van der Waals surface area contributed by atoms with Crippen LogP contribution in [-0.2, 0) is 0 Å². The summed E-state index contributed by atoms with van der Waals surface area (Å²) in [6.07, 6.45) is 5.32. The summed E-state index contributed by atoms with van der Waals surface area (Å²) in [6.45, 7) is 0.915. The highest BCUT2D eigenvalue weighted by molar-refractivity contribution is 5.74. The maximum atomic E-state index is 10.9. The fourth-order valence-electron chi connectivity index (χ4n) is 2.53. The first-order chi connectivity index (χ1) is 10.6. The van der Waals surface area contributed by atoms with E-state index >= 15 is 0 Å². The average molecular weight is 296 g/mol. The standard InChI is InChI=1S/C17H16N2O3/c20-16-3-1-12(2-4-16)14-9-15(11-18-10-14)13-5-7-19(8-6-13)17(21)22/h1-5,9-11,20H,6-8H2,(H,21,22). The van der Waals surface area contributed by atoms with E-state index in [-0.39, 0.29) is 5.75 Å². The van der Waals surface area contributed by atoms with Crippen LogP contribution in [0.5, 0.6) is 5.75 Å². The van der Waals surface area contributed by atoms with Crippen molar-refractivity contribution < 1.29 is 15.0 Å². The topological polar surface area (TPSA) is 73.7 Å². The number of amides is 1. The van der Waals surface area contributed by atoms with Gasteiger partial charge in [0.05, 0.1) is 0 Å². The summed E-state index contributed by atoms with van der Waals surface area (Å²) >= 11 is 0. The maximum absolute atomic E-state index is 10.9. The fourth-order valence-corrected chi connectivity index (χ4v) is 2.53. The van der Waals surface area contributed by atoms with E-state index in [1.165, 1.54) is 4.90 Å². The van der Waals surface area contributed by atoms with Gasteiger partial charge < -0.3 is 15.1 Å². The number of hydrogen-bond acceptors (Lipinski definition) is 3. The van der Waals surface area contributed by atoms with Crippen molar-refractivity contribution in [3.05, 3.63) is 54.4 Å². The molecule has 0 unspecified atom stereocenters. The van der Waals surface area contributed by atoms with Crippen molar-refractivity contribution >= 4 is 11.7 Å². The van der Waals surface area contributed by atoms with Crippen LogP contribution in [0.2, 0.25) is 0 Å². The van der Waals surface area contributed by atoms with E-state index in [0.29, 0.717) is 19.5 Å². The highest BCUT2D eigenvalue weighted by Gasteiger charge is 2.17. The largest absolute Gasteiger partial charge is 0.508 e. The van der Waals surface area contributed by atoms with Crippen LogP contribution in [-0.4, -0.2) is 39.3 Å². The molecular formula is C17H16N2O3. The molecule has 1 amide bonds. The first-order valence-electron chi connectivity index (χ1n) is 7.05. The Bertz CT molecular complexity index is 723. The third-order valence-corrected chi connectivity index (χ3v) is 3.79. The molecule has 22 heavy (non-hydrogen) atoms. The molecule has 2 heterocycles. The number of aromatic nitrogens is 1. The van der Waals surface area contributed by atoms with Gasteiger partial charge in [0.2, 0.25) is 0 Å². The molecule has 3 rings (SSSR count). The zero-order valence-electron chi connectivity index (χ0n) is 11.9. The van der Waals surface area contributed by atoms with Gasteiger partial charge in [-0.2, -0.15) is 0 Å². The molecular weight excluding hydrogens is 280 g/mol. The molecule has 0 radical (unpaired) electrons. The van der Waals surface area contributed by atoms with Crippen molar-refractivity contribution in [1.82, 2.24) is 9.88 Å². The minimum Gasteiger partial charge on any atom is -0.508 e. The molecule has 5 nitrogen and oxygen atoms in total. The first-order valence-corrected chi connectivity index (χ1v) is 7.05. The van der Waals surface area contributed by atoms with Crippen LogP contribution in [0.15, 0.2) is 48.8 Å². The van der Waals surface area contributed by atoms with Gasteiger partial charge in [0, 0.05) is 31.0 Å². The summed E-state index contributed by atoms with van der Waals surface area (Å²) in [7, 11) is 0. The van der Waals surface area contributed by atoms with E-state index in [4.69, 9.17) is 5.11 Å². The number of hydrogen-bond donors (Lipinski definition) is 2. The predicted octanol–water partition coefficient (Wildman–Crippen LogP) is 3.22. The lowest BCUT2D eigenvalue weighted by Gasteiger charge is -2.23. The van der Waals surface area contributed by atoms with Crippen molar-refractivity contribution in [2.75, 3.05) is 13.1 Å². The van der Waals surface area contributed by atoms with Crippen LogP contribution in [0.4, 0.5) is 4.79 Å². The molecule has 1 aromatic heterocycles. The van der Waals surface area contributed by atoms with Crippen molar-refractivity contribution in [3.8, 4) is 16.9 Å². The lowest BCUT2D eigenvalue weighted by atomic mass is 9.98. The molecule has 0 bridgehead atoms. The zero-order valence-corrected chi connectivity index (χ0v) is 11.9. The molecule has 0 aliphatic carbocycles. The van der Waals surface area contributed by atoms with Gasteiger partial charge in [-0.3, -0.25) is 4.98 Å². The van der Waals surface area contributed by atoms with Crippen molar-refractivity contribution in [3.63, 3.8) is 0 Å². The van der Waals surface area contributed by atoms with Gasteiger partial charge in [-0.05, 0) is 41.3 Å². The molecule has 5 heteroatoms. The third kappa shape index (κ3) is 2.93. The minimum absolute atomic E-state index is 0.233. The number of carbonyl (C=O) groups is 1. The van der Waals surface area contributed by atoms with Crippen LogP contribution in [0.25, 0.3) is 16.7 Å². The molecule has 0 saturated heterocycles. The normalized spacial score (nSPS) is 14.5. The summed E-state index contributed by atoms with van der Waals surface area (Å²) in [5.74, 6) is 0.233. The van der Waals surface area contributed by atoms with Crippen LogP contribution < -0.4 is 0 Å². The number of phenolic OH excluding ortho intramolecular Hbond substituents is 1. The number of carboxylic acid groups (broad SMARTS) is 1. The summed E-state index contributed by atoms with van der Waals surface area (Å²) in [6, 6.07) is 9.02. The summed E-state index contributed by atoms with van der Waals surface area (Å²) < 4.78 is 0. The monoisotopic (exact) mass is 296 g/mol. The molecule has 0 fully saturated rings. The number of pyridine rings is 1. The second kappa shape index (κ2) is 5.89. The molecule has 1 aliphatic heterocycles. The Hall–Kier alpha value is -2.82. The van der Waals surface area contributed by atoms with E-state index in [9.17, 15) is 9.90 Å². The molecule has 1 aliphatic rings. The second-order valence-electron chi connectivity index (χ2n) is 5.22. The Balaban J connectivity index is 1.86. The number of aromatic hydroxyl groups is 1. The van der Waals surface area contributed by atoms with Gasteiger partial charge in [0.15, 0.2) is 0 Å². The fraction of sp³-hybridized carbons (Fsp3) is 0.176. The van der Waals surface area contributed by atoms with Gasteiger partial charge in [0.1, 0.15) is 5.75 Å². The van der Waals surface area contributed by atoms with E-state index < -0.39 is 6.09 Å². The summed E-state index contributed by atoms with van der Waals surface area (Å²) in [4.78, 5) is 16.6. The predicted molar refractivity (Wildman–Crippen MR) is 83.5 cm³/mol. The highest BCUT2D eigenvalue weighted by Crippen LogP contribution is 2.27. The Labute approximate surface area is 128 Å². The van der Waals surface area contributed by atoms with Crippen molar-refractivity contribution in [1.29, 1.82) is 0 Å². The number of nitrogens with zero attached hydrogens (tertiary/aromatic N) is 2. The van der Waals surface area contributed by atoms with Crippen LogP contribution >= 0.6 is 0 Å². The van der Waals surface area contributed by atoms with Gasteiger partial charge in [-0.15, -0.1) is 0 Å². The van der Waals surface area contributed by atoms with Crippen molar-refractivity contribution in [2.45, 2.75) is 6.42 Å². The number of benzene rings is 1.